The number of ether oxygens (including phenoxy) is 1. The van der Waals surface area contributed by atoms with Gasteiger partial charge in [0.1, 0.15) is 0 Å². The summed E-state index contributed by atoms with van der Waals surface area (Å²) in [5.41, 5.74) is 1.39. The number of rotatable bonds is 2. The van der Waals surface area contributed by atoms with Crippen LogP contribution in [-0.4, -0.2) is 12.4 Å². The maximum absolute atomic E-state index is 11.0. The van der Waals surface area contributed by atoms with Gasteiger partial charge >= 0.3 is 12.4 Å². The van der Waals surface area contributed by atoms with E-state index in [1.165, 1.54) is 0 Å². The second-order valence-electron chi connectivity index (χ2n) is 2.58. The molecule has 1 rings (SSSR count). The van der Waals surface area contributed by atoms with Crippen molar-refractivity contribution in [3.63, 3.8) is 0 Å². The minimum atomic E-state index is -0.557. The van der Waals surface area contributed by atoms with Crippen molar-refractivity contribution in [2.75, 3.05) is 0 Å². The highest BCUT2D eigenvalue weighted by molar-refractivity contribution is 5.96. The molecule has 1 aliphatic carbocycles. The number of carbonyl (C=O) groups is 2. The molecule has 64 valence electrons. The summed E-state index contributed by atoms with van der Waals surface area (Å²) in [6.45, 7) is 1.99. The summed E-state index contributed by atoms with van der Waals surface area (Å²) in [4.78, 5) is 20.9. The molecule has 3 nitrogen and oxygen atoms in total. The van der Waals surface area contributed by atoms with Gasteiger partial charge in [-0.1, -0.05) is 12.2 Å². The second-order valence-corrected chi connectivity index (χ2v) is 2.58. The van der Waals surface area contributed by atoms with Gasteiger partial charge in [0.2, 0.25) is 0 Å². The van der Waals surface area contributed by atoms with Crippen LogP contribution >= 0.6 is 0 Å². The van der Waals surface area contributed by atoms with E-state index in [1.807, 2.05) is 13.0 Å². The van der Waals surface area contributed by atoms with Crippen molar-refractivity contribution in [2.45, 2.75) is 19.8 Å². The largest absolute Gasteiger partial charge is 0.392 e. The van der Waals surface area contributed by atoms with Gasteiger partial charge in [-0.2, -0.15) is 0 Å². The van der Waals surface area contributed by atoms with Crippen LogP contribution in [0, 0.1) is 0 Å². The molecule has 12 heavy (non-hydrogen) atoms. The van der Waals surface area contributed by atoms with Crippen LogP contribution in [0.4, 0.5) is 0 Å². The lowest BCUT2D eigenvalue weighted by Gasteiger charge is -2.08. The van der Waals surface area contributed by atoms with E-state index in [-0.39, 0.29) is 6.47 Å². The fourth-order valence-corrected chi connectivity index (χ4v) is 1.15. The minimum absolute atomic E-state index is 0.158. The van der Waals surface area contributed by atoms with Gasteiger partial charge in [-0.25, -0.2) is 4.79 Å². The van der Waals surface area contributed by atoms with E-state index < -0.39 is 5.97 Å². The van der Waals surface area contributed by atoms with Crippen molar-refractivity contribution >= 4 is 12.4 Å². The summed E-state index contributed by atoms with van der Waals surface area (Å²) in [5.74, 6) is -0.557. The molecule has 0 unspecified atom stereocenters. The van der Waals surface area contributed by atoms with Crippen LogP contribution in [0.2, 0.25) is 0 Å². The smallest absolute Gasteiger partial charge is 0.345 e. The van der Waals surface area contributed by atoms with E-state index >= 15 is 0 Å². The molecule has 0 heterocycles. The van der Waals surface area contributed by atoms with Crippen LogP contribution in [0.15, 0.2) is 23.3 Å². The van der Waals surface area contributed by atoms with Crippen molar-refractivity contribution in [1.29, 1.82) is 0 Å². The predicted octanol–water partition coefficient (Wildman–Crippen LogP) is 1.35. The molecule has 0 atom stereocenters. The van der Waals surface area contributed by atoms with Gasteiger partial charge in [-0.05, 0) is 25.3 Å². The lowest BCUT2D eigenvalue weighted by Crippen LogP contribution is -2.09. The van der Waals surface area contributed by atoms with E-state index in [9.17, 15) is 9.59 Å². The normalized spacial score (nSPS) is 16.1. The van der Waals surface area contributed by atoms with Gasteiger partial charge in [-0.3, -0.25) is 4.79 Å². The monoisotopic (exact) mass is 166 g/mol. The number of hydrogen-bond donors (Lipinski definition) is 0. The highest BCUT2D eigenvalue weighted by Crippen LogP contribution is 2.18. The summed E-state index contributed by atoms with van der Waals surface area (Å²) in [5, 5.41) is 0. The van der Waals surface area contributed by atoms with Crippen molar-refractivity contribution < 1.29 is 14.3 Å². The third-order valence-electron chi connectivity index (χ3n) is 1.77. The first-order chi connectivity index (χ1) is 5.75. The molecule has 3 heteroatoms. The molecule has 0 bridgehead atoms. The zero-order valence-electron chi connectivity index (χ0n) is 6.87. The van der Waals surface area contributed by atoms with E-state index in [0.717, 1.165) is 18.4 Å². The van der Waals surface area contributed by atoms with Crippen LogP contribution in [0.5, 0.6) is 0 Å². The first kappa shape index (κ1) is 8.71. The van der Waals surface area contributed by atoms with Gasteiger partial charge in [0.15, 0.2) is 0 Å². The lowest BCUT2D eigenvalue weighted by atomic mass is 9.99. The van der Waals surface area contributed by atoms with Crippen LogP contribution < -0.4 is 0 Å². The Bertz CT molecular complexity index is 261. The molecular formula is C9H10O3. The Labute approximate surface area is 70.7 Å². The van der Waals surface area contributed by atoms with Crippen LogP contribution in [0.3, 0.4) is 0 Å². The zero-order chi connectivity index (χ0) is 8.97. The molecule has 0 fully saturated rings. The second kappa shape index (κ2) is 3.85. The number of esters is 1. The molecule has 0 aliphatic heterocycles. The molecule has 0 saturated carbocycles. The van der Waals surface area contributed by atoms with Crippen molar-refractivity contribution in [3.8, 4) is 0 Å². The molecule has 0 radical (unpaired) electrons. The fraction of sp³-hybridized carbons (Fsp3) is 0.333. The highest BCUT2D eigenvalue weighted by atomic mass is 16.6. The van der Waals surface area contributed by atoms with Crippen molar-refractivity contribution in [1.82, 2.24) is 0 Å². The molecule has 0 aromatic heterocycles. The summed E-state index contributed by atoms with van der Waals surface area (Å²) < 4.78 is 4.22. The molecule has 0 saturated heterocycles. The average molecular weight is 166 g/mol. The molecule has 0 N–H and O–H groups in total. The summed E-state index contributed by atoms with van der Waals surface area (Å²) >= 11 is 0. The lowest BCUT2D eigenvalue weighted by molar-refractivity contribution is -0.147. The molecule has 0 aromatic carbocycles. The Morgan fingerprint density at radius 1 is 1.50 bits per heavy atom. The van der Waals surface area contributed by atoms with Gasteiger partial charge < -0.3 is 4.74 Å². The minimum Gasteiger partial charge on any atom is -0.392 e. The Morgan fingerprint density at radius 3 is 2.75 bits per heavy atom. The average Bonchev–Trinajstić information content (AvgIpc) is 2.05. The fourth-order valence-electron chi connectivity index (χ4n) is 1.15. The van der Waals surface area contributed by atoms with Crippen molar-refractivity contribution in [3.05, 3.63) is 23.3 Å². The number of hydrogen-bond acceptors (Lipinski definition) is 3. The first-order valence-electron chi connectivity index (χ1n) is 3.77. The van der Waals surface area contributed by atoms with E-state index in [4.69, 9.17) is 0 Å². The Hall–Kier alpha value is -1.38. The summed E-state index contributed by atoms with van der Waals surface area (Å²) in [6.07, 6.45) is 5.53. The topological polar surface area (TPSA) is 43.4 Å². The summed E-state index contributed by atoms with van der Waals surface area (Å²) in [6, 6.07) is 0. The van der Waals surface area contributed by atoms with Gasteiger partial charge in [0, 0.05) is 0 Å². The first-order valence-corrected chi connectivity index (χ1v) is 3.77. The third-order valence-corrected chi connectivity index (χ3v) is 1.77. The maximum atomic E-state index is 11.0. The third kappa shape index (κ3) is 1.81. The van der Waals surface area contributed by atoms with E-state index in [1.54, 1.807) is 6.08 Å². The molecular weight excluding hydrogens is 156 g/mol. The van der Waals surface area contributed by atoms with Crippen LogP contribution in [-0.2, 0) is 14.3 Å². The van der Waals surface area contributed by atoms with E-state index in [2.05, 4.69) is 4.74 Å². The zero-order valence-corrected chi connectivity index (χ0v) is 6.87. The predicted molar refractivity (Wildman–Crippen MR) is 43.2 cm³/mol. The Kier molecular flexibility index (Phi) is 2.80. The standard InChI is InChI=1S/C9H10O3/c1-7-4-2-3-5-8(7)9(11)12-6-10/h4-6H,2-3H2,1H3. The molecule has 0 aromatic rings. The quantitative estimate of drug-likeness (QED) is 0.353. The maximum Gasteiger partial charge on any atom is 0.345 e. The number of allylic oxidation sites excluding steroid dienone is 2. The highest BCUT2D eigenvalue weighted by Gasteiger charge is 2.14. The number of carbonyl (C=O) groups excluding carboxylic acids is 2. The van der Waals surface area contributed by atoms with Crippen LogP contribution in [0.1, 0.15) is 19.8 Å². The molecule has 0 spiro atoms. The Balaban J connectivity index is 2.73. The van der Waals surface area contributed by atoms with Gasteiger partial charge in [0.25, 0.3) is 0 Å². The molecule has 1 aliphatic rings. The van der Waals surface area contributed by atoms with E-state index in [0.29, 0.717) is 5.57 Å². The van der Waals surface area contributed by atoms with Gasteiger partial charge in [-0.15, -0.1) is 0 Å². The van der Waals surface area contributed by atoms with Gasteiger partial charge in [0.05, 0.1) is 5.57 Å². The Morgan fingerprint density at radius 2 is 2.17 bits per heavy atom. The molecule has 0 amide bonds. The van der Waals surface area contributed by atoms with Crippen molar-refractivity contribution in [2.24, 2.45) is 0 Å². The van der Waals surface area contributed by atoms with Crippen LogP contribution in [0.25, 0.3) is 0 Å². The summed E-state index contributed by atoms with van der Waals surface area (Å²) in [7, 11) is 0. The SMILES string of the molecule is CC1=CCCC=C1C(=O)OC=O.